The molecule has 0 spiro atoms. The van der Waals surface area contributed by atoms with Gasteiger partial charge in [-0.2, -0.15) is 0 Å². The van der Waals surface area contributed by atoms with Crippen LogP contribution in [0.1, 0.15) is 23.3 Å². The van der Waals surface area contributed by atoms with E-state index in [9.17, 15) is 14.4 Å². The average Bonchev–Trinajstić information content (AvgIpc) is 2.98. The van der Waals surface area contributed by atoms with Gasteiger partial charge in [0, 0.05) is 29.9 Å². The van der Waals surface area contributed by atoms with Crippen LogP contribution in [-0.2, 0) is 4.79 Å². The smallest absolute Gasteiger partial charge is 0.332 e. The highest BCUT2D eigenvalue weighted by Gasteiger charge is 2.48. The molecule has 4 amide bonds. The van der Waals surface area contributed by atoms with Crippen molar-refractivity contribution in [1.29, 1.82) is 0 Å². The van der Waals surface area contributed by atoms with Gasteiger partial charge in [0.2, 0.25) is 0 Å². The molecule has 2 aromatic rings. The van der Waals surface area contributed by atoms with Crippen LogP contribution in [0.2, 0.25) is 0 Å². The van der Waals surface area contributed by atoms with Gasteiger partial charge in [0.1, 0.15) is 11.7 Å². The van der Waals surface area contributed by atoms with Gasteiger partial charge in [0.15, 0.2) is 0 Å². The van der Waals surface area contributed by atoms with Crippen molar-refractivity contribution >= 4 is 35.3 Å². The second kappa shape index (κ2) is 7.59. The fraction of sp³-hybridized carbons (Fsp3) is 0.316. The van der Waals surface area contributed by atoms with Crippen LogP contribution in [0.25, 0.3) is 0 Å². The first-order chi connectivity index (χ1) is 13.6. The van der Waals surface area contributed by atoms with E-state index < -0.39 is 6.04 Å². The zero-order chi connectivity index (χ0) is 19.7. The molecule has 4 rings (SSSR count). The zero-order valence-electron chi connectivity index (χ0n) is 15.2. The van der Waals surface area contributed by atoms with E-state index in [2.05, 4.69) is 15.3 Å². The molecule has 9 heteroatoms. The normalized spacial score (nSPS) is 21.6. The van der Waals surface area contributed by atoms with Gasteiger partial charge in [0.05, 0.1) is 11.9 Å². The van der Waals surface area contributed by atoms with Crippen LogP contribution in [0.3, 0.4) is 0 Å². The predicted octanol–water partition coefficient (Wildman–Crippen LogP) is 1.93. The number of hydrogen-bond donors (Lipinski definition) is 1. The lowest BCUT2D eigenvalue weighted by Crippen LogP contribution is -2.49. The lowest BCUT2D eigenvalue weighted by molar-refractivity contribution is -0.120. The van der Waals surface area contributed by atoms with Crippen molar-refractivity contribution in [2.45, 2.75) is 29.8 Å². The Morgan fingerprint density at radius 3 is 2.89 bits per heavy atom. The molecule has 2 aliphatic heterocycles. The number of anilines is 1. The van der Waals surface area contributed by atoms with E-state index in [-0.39, 0.29) is 29.6 Å². The largest absolute Gasteiger partial charge is 0.348 e. The molecule has 3 heterocycles. The van der Waals surface area contributed by atoms with Gasteiger partial charge in [-0.05, 0) is 37.3 Å². The molecule has 0 aliphatic carbocycles. The minimum atomic E-state index is -0.564. The van der Waals surface area contributed by atoms with Gasteiger partial charge in [-0.25, -0.2) is 14.7 Å². The summed E-state index contributed by atoms with van der Waals surface area (Å²) in [5, 5.41) is 2.90. The molecule has 144 valence electrons. The minimum Gasteiger partial charge on any atom is -0.348 e. The molecule has 8 nitrogen and oxygen atoms in total. The molecular formula is C19H19N5O3S. The lowest BCUT2D eigenvalue weighted by atomic mass is 9.98. The quantitative estimate of drug-likeness (QED) is 0.626. The molecule has 1 aromatic heterocycles. The third-order valence-corrected chi connectivity index (χ3v) is 5.71. The van der Waals surface area contributed by atoms with Crippen LogP contribution in [-0.4, -0.2) is 57.6 Å². The summed E-state index contributed by atoms with van der Waals surface area (Å²) in [5.41, 5.74) is 0.811. The average molecular weight is 397 g/mol. The Kier molecular flexibility index (Phi) is 4.99. The number of amides is 4. The topological polar surface area (TPSA) is 95.5 Å². The van der Waals surface area contributed by atoms with Crippen LogP contribution in [0.15, 0.2) is 47.8 Å². The number of nitrogens with one attached hydrogen (secondary N) is 1. The molecule has 0 bridgehead atoms. The number of imide groups is 1. The van der Waals surface area contributed by atoms with Gasteiger partial charge in [-0.3, -0.25) is 14.6 Å². The second-order valence-electron chi connectivity index (χ2n) is 6.65. The summed E-state index contributed by atoms with van der Waals surface area (Å²) in [6.45, 7) is 0.416. The highest BCUT2D eigenvalue weighted by Crippen LogP contribution is 2.32. The van der Waals surface area contributed by atoms with Crippen LogP contribution in [0.5, 0.6) is 0 Å². The monoisotopic (exact) mass is 397 g/mol. The Morgan fingerprint density at radius 1 is 1.29 bits per heavy atom. The Balaban J connectivity index is 1.49. The molecule has 2 saturated heterocycles. The first-order valence-corrected chi connectivity index (χ1v) is 10.2. The SMILES string of the molecule is CSc1cccc(N2C(=O)[C@H]3C[C@@H](NC(=O)c4cnccn4)CCN3C2=O)c1. The summed E-state index contributed by atoms with van der Waals surface area (Å²) in [6, 6.07) is 6.31. The summed E-state index contributed by atoms with van der Waals surface area (Å²) in [5.74, 6) is -0.574. The number of fused-ring (bicyclic) bond motifs is 1. The number of hydrogen-bond acceptors (Lipinski definition) is 6. The van der Waals surface area contributed by atoms with Crippen molar-refractivity contribution in [3.8, 4) is 0 Å². The van der Waals surface area contributed by atoms with E-state index in [1.165, 1.54) is 23.5 Å². The number of benzene rings is 1. The van der Waals surface area contributed by atoms with Gasteiger partial charge in [-0.1, -0.05) is 6.07 Å². The van der Waals surface area contributed by atoms with Crippen molar-refractivity contribution in [2.24, 2.45) is 0 Å². The number of thioether (sulfide) groups is 1. The van der Waals surface area contributed by atoms with E-state index >= 15 is 0 Å². The van der Waals surface area contributed by atoms with Crippen LogP contribution in [0.4, 0.5) is 10.5 Å². The maximum Gasteiger partial charge on any atom is 0.332 e. The van der Waals surface area contributed by atoms with Gasteiger partial charge in [-0.15, -0.1) is 11.8 Å². The van der Waals surface area contributed by atoms with E-state index in [1.54, 1.807) is 22.7 Å². The van der Waals surface area contributed by atoms with E-state index in [0.29, 0.717) is 25.1 Å². The maximum absolute atomic E-state index is 13.0. The number of carbonyl (C=O) groups is 3. The third-order valence-electron chi connectivity index (χ3n) is 4.99. The summed E-state index contributed by atoms with van der Waals surface area (Å²) < 4.78 is 0. The molecule has 2 atom stereocenters. The number of nitrogens with zero attached hydrogens (tertiary/aromatic N) is 4. The fourth-order valence-corrected chi connectivity index (χ4v) is 4.05. The van der Waals surface area contributed by atoms with Crippen molar-refractivity contribution in [1.82, 2.24) is 20.2 Å². The minimum absolute atomic E-state index is 0.204. The van der Waals surface area contributed by atoms with E-state index in [0.717, 1.165) is 4.90 Å². The first-order valence-electron chi connectivity index (χ1n) is 8.94. The highest BCUT2D eigenvalue weighted by atomic mass is 32.2. The number of piperidine rings is 1. The first kappa shape index (κ1) is 18.4. The summed E-state index contributed by atoms with van der Waals surface area (Å²) >= 11 is 1.55. The number of rotatable bonds is 4. The lowest BCUT2D eigenvalue weighted by Gasteiger charge is -2.32. The molecule has 2 aliphatic rings. The van der Waals surface area contributed by atoms with E-state index in [1.807, 2.05) is 24.5 Å². The van der Waals surface area contributed by atoms with Crippen LogP contribution >= 0.6 is 11.8 Å². The summed E-state index contributed by atoms with van der Waals surface area (Å²) in [6.07, 6.45) is 7.26. The van der Waals surface area contributed by atoms with Crippen molar-refractivity contribution in [3.05, 3.63) is 48.5 Å². The molecule has 28 heavy (non-hydrogen) atoms. The van der Waals surface area contributed by atoms with Gasteiger partial charge in [0.25, 0.3) is 11.8 Å². The Labute approximate surface area is 166 Å². The Morgan fingerprint density at radius 2 is 2.14 bits per heavy atom. The Bertz CT molecular complexity index is 923. The molecule has 0 unspecified atom stereocenters. The standard InChI is InChI=1S/C19H19N5O3S/c1-28-14-4-2-3-13(10-14)24-18(26)16-9-12(5-8-23(16)19(24)27)22-17(25)15-11-20-6-7-21-15/h2-4,6-7,10-12,16H,5,8-9H2,1H3,(H,22,25)/t12-,16+/m0/s1. The highest BCUT2D eigenvalue weighted by molar-refractivity contribution is 7.98. The van der Waals surface area contributed by atoms with Crippen molar-refractivity contribution in [3.63, 3.8) is 0 Å². The molecule has 0 saturated carbocycles. The summed E-state index contributed by atoms with van der Waals surface area (Å²) in [4.78, 5) is 49.8. The van der Waals surface area contributed by atoms with Crippen molar-refractivity contribution in [2.75, 3.05) is 17.7 Å². The number of urea groups is 1. The third kappa shape index (κ3) is 3.33. The Hall–Kier alpha value is -2.94. The second-order valence-corrected chi connectivity index (χ2v) is 7.53. The summed E-state index contributed by atoms with van der Waals surface area (Å²) in [7, 11) is 0. The molecular weight excluding hydrogens is 378 g/mol. The number of aromatic nitrogens is 2. The van der Waals surface area contributed by atoms with Crippen LogP contribution < -0.4 is 10.2 Å². The van der Waals surface area contributed by atoms with Gasteiger partial charge >= 0.3 is 6.03 Å². The maximum atomic E-state index is 13.0. The van der Waals surface area contributed by atoms with Crippen molar-refractivity contribution < 1.29 is 14.4 Å². The molecule has 1 aromatic carbocycles. The fourth-order valence-electron chi connectivity index (χ4n) is 3.59. The molecule has 0 radical (unpaired) electrons. The van der Waals surface area contributed by atoms with Crippen LogP contribution in [0, 0.1) is 0 Å². The number of carbonyl (C=O) groups excluding carboxylic acids is 3. The molecule has 1 N–H and O–H groups in total. The zero-order valence-corrected chi connectivity index (χ0v) is 16.1. The predicted molar refractivity (Wildman–Crippen MR) is 104 cm³/mol. The van der Waals surface area contributed by atoms with Gasteiger partial charge < -0.3 is 10.2 Å². The molecule has 2 fully saturated rings. The van der Waals surface area contributed by atoms with E-state index in [4.69, 9.17) is 0 Å².